The zero-order valence-corrected chi connectivity index (χ0v) is 15.1. The maximum absolute atomic E-state index is 11.2. The average molecular weight is 398 g/mol. The molecule has 2 saturated heterocycles. The van der Waals surface area contributed by atoms with Crippen LogP contribution in [0.1, 0.15) is 18.4 Å². The predicted molar refractivity (Wildman–Crippen MR) is 90.8 cm³/mol. The van der Waals surface area contributed by atoms with Gasteiger partial charge in [-0.05, 0) is 24.1 Å². The topological polar surface area (TPSA) is 152 Å². The predicted octanol–water partition coefficient (Wildman–Crippen LogP) is -0.786. The molecule has 4 N–H and O–H groups in total. The first kappa shape index (κ1) is 20.3. The number of aliphatic carboxylic acids is 1. The second-order valence-electron chi connectivity index (χ2n) is 6.69. The van der Waals surface area contributed by atoms with E-state index in [-0.39, 0.29) is 23.6 Å². The Morgan fingerprint density at radius 2 is 1.93 bits per heavy atom. The summed E-state index contributed by atoms with van der Waals surface area (Å²) in [5, 5.41) is 38.7. The van der Waals surface area contributed by atoms with Crippen molar-refractivity contribution in [3.8, 4) is 11.5 Å². The third kappa shape index (κ3) is 4.20. The Hall–Kier alpha value is -2.40. The number of hydrogen-bond acceptors (Lipinski definition) is 9. The summed E-state index contributed by atoms with van der Waals surface area (Å²) in [6.07, 6.45) is -7.21. The van der Waals surface area contributed by atoms with Crippen molar-refractivity contribution in [3.63, 3.8) is 0 Å². The van der Waals surface area contributed by atoms with Crippen molar-refractivity contribution in [2.75, 3.05) is 7.11 Å². The van der Waals surface area contributed by atoms with Crippen molar-refractivity contribution in [1.29, 1.82) is 0 Å². The van der Waals surface area contributed by atoms with Crippen molar-refractivity contribution >= 4 is 11.9 Å². The van der Waals surface area contributed by atoms with E-state index >= 15 is 0 Å². The van der Waals surface area contributed by atoms with Crippen LogP contribution in [0.5, 0.6) is 11.5 Å². The average Bonchev–Trinajstić information content (AvgIpc) is 3.07. The fourth-order valence-electron chi connectivity index (χ4n) is 3.20. The Morgan fingerprint density at radius 3 is 2.54 bits per heavy atom. The molecule has 2 aliphatic heterocycles. The van der Waals surface area contributed by atoms with Gasteiger partial charge in [0.25, 0.3) is 0 Å². The van der Waals surface area contributed by atoms with Crippen LogP contribution in [0.4, 0.5) is 0 Å². The SMILES string of the molecule is COc1cc(C[C@H]2CCC(=O)O2)ccc1O[C@@H]1O[C@H](C(=O)O)[C@@H](O)[C@H](O)[C@H]1O. The van der Waals surface area contributed by atoms with E-state index in [9.17, 15) is 24.9 Å². The number of esters is 1. The summed E-state index contributed by atoms with van der Waals surface area (Å²) < 4.78 is 21.1. The molecule has 0 amide bonds. The first-order valence-electron chi connectivity index (χ1n) is 8.75. The molecule has 2 fully saturated rings. The summed E-state index contributed by atoms with van der Waals surface area (Å²) in [6, 6.07) is 4.91. The van der Waals surface area contributed by atoms with Crippen LogP contribution in [-0.2, 0) is 25.5 Å². The van der Waals surface area contributed by atoms with Crippen LogP contribution in [0, 0.1) is 0 Å². The number of carboxylic acid groups (broad SMARTS) is 1. The Labute approximate surface area is 160 Å². The Bertz CT molecular complexity index is 735. The Balaban J connectivity index is 1.73. The summed E-state index contributed by atoms with van der Waals surface area (Å²) in [6.45, 7) is 0. The number of carbonyl (C=O) groups is 2. The quantitative estimate of drug-likeness (QED) is 0.449. The van der Waals surface area contributed by atoms with E-state index in [2.05, 4.69) is 0 Å². The Morgan fingerprint density at radius 1 is 1.18 bits per heavy atom. The van der Waals surface area contributed by atoms with E-state index in [1.54, 1.807) is 12.1 Å². The fraction of sp³-hybridized carbons (Fsp3) is 0.556. The maximum atomic E-state index is 11.2. The lowest BCUT2D eigenvalue weighted by Crippen LogP contribution is -2.61. The van der Waals surface area contributed by atoms with Crippen LogP contribution in [0.2, 0.25) is 0 Å². The molecule has 0 radical (unpaired) electrons. The number of ether oxygens (including phenoxy) is 4. The highest BCUT2D eigenvalue weighted by Gasteiger charge is 2.48. The third-order valence-electron chi connectivity index (χ3n) is 4.72. The molecule has 0 bridgehead atoms. The molecule has 0 aromatic heterocycles. The van der Waals surface area contributed by atoms with Gasteiger partial charge in [0.05, 0.1) is 7.11 Å². The largest absolute Gasteiger partial charge is 0.493 e. The molecule has 0 aliphatic carbocycles. The van der Waals surface area contributed by atoms with Gasteiger partial charge in [0.2, 0.25) is 6.29 Å². The van der Waals surface area contributed by atoms with Crippen molar-refractivity contribution in [2.24, 2.45) is 0 Å². The normalized spacial score (nSPS) is 32.6. The van der Waals surface area contributed by atoms with Crippen molar-refractivity contribution in [2.45, 2.75) is 56.1 Å². The molecule has 0 saturated carbocycles. The van der Waals surface area contributed by atoms with Crippen molar-refractivity contribution in [3.05, 3.63) is 23.8 Å². The molecule has 6 atom stereocenters. The highest BCUT2D eigenvalue weighted by Crippen LogP contribution is 2.33. The van der Waals surface area contributed by atoms with Gasteiger partial charge < -0.3 is 39.4 Å². The van der Waals surface area contributed by atoms with Gasteiger partial charge in [-0.3, -0.25) is 4.79 Å². The third-order valence-corrected chi connectivity index (χ3v) is 4.72. The number of methoxy groups -OCH3 is 1. The second kappa shape index (κ2) is 8.31. The van der Waals surface area contributed by atoms with Crippen LogP contribution in [0.3, 0.4) is 0 Å². The lowest BCUT2D eigenvalue weighted by atomic mass is 9.99. The minimum Gasteiger partial charge on any atom is -0.493 e. The van der Waals surface area contributed by atoms with Crippen LogP contribution >= 0.6 is 0 Å². The number of aliphatic hydroxyl groups excluding tert-OH is 3. The molecule has 154 valence electrons. The number of benzene rings is 1. The fourth-order valence-corrected chi connectivity index (χ4v) is 3.20. The molecule has 10 nitrogen and oxygen atoms in total. The summed E-state index contributed by atoms with van der Waals surface area (Å²) >= 11 is 0. The zero-order chi connectivity index (χ0) is 20.4. The number of carboxylic acids is 1. The first-order valence-corrected chi connectivity index (χ1v) is 8.75. The minimum atomic E-state index is -1.80. The van der Waals surface area contributed by atoms with E-state index in [0.717, 1.165) is 5.56 Å². The molecule has 3 rings (SSSR count). The summed E-state index contributed by atoms with van der Waals surface area (Å²) in [7, 11) is 1.40. The van der Waals surface area contributed by atoms with E-state index in [1.807, 2.05) is 0 Å². The van der Waals surface area contributed by atoms with E-state index in [0.29, 0.717) is 19.3 Å². The maximum Gasteiger partial charge on any atom is 0.335 e. The van der Waals surface area contributed by atoms with Gasteiger partial charge in [0.1, 0.15) is 24.4 Å². The van der Waals surface area contributed by atoms with E-state index in [1.165, 1.54) is 13.2 Å². The standard InChI is InChI=1S/C18H22O10/c1-25-11-7-8(6-9-3-5-12(19)26-9)2-4-10(11)27-18-15(22)13(20)14(21)16(28-18)17(23)24/h2,4,7,9,13-16,18,20-22H,3,5-6H2,1H3,(H,23,24)/t9-,13+,14+,15-,16+,18-/m1/s1. The van der Waals surface area contributed by atoms with Crippen LogP contribution in [0.15, 0.2) is 18.2 Å². The van der Waals surface area contributed by atoms with Gasteiger partial charge in [-0.1, -0.05) is 6.07 Å². The van der Waals surface area contributed by atoms with Gasteiger partial charge in [0.15, 0.2) is 17.6 Å². The Kier molecular flexibility index (Phi) is 6.04. The second-order valence-corrected chi connectivity index (χ2v) is 6.69. The summed E-state index contributed by atoms with van der Waals surface area (Å²) in [5.41, 5.74) is 0.827. The number of carbonyl (C=O) groups excluding carboxylic acids is 1. The highest BCUT2D eigenvalue weighted by molar-refractivity contribution is 5.73. The highest BCUT2D eigenvalue weighted by atomic mass is 16.7. The minimum absolute atomic E-state index is 0.145. The van der Waals surface area contributed by atoms with Crippen LogP contribution < -0.4 is 9.47 Å². The molecule has 1 aromatic carbocycles. The molecule has 0 spiro atoms. The lowest BCUT2D eigenvalue weighted by Gasteiger charge is -2.38. The van der Waals surface area contributed by atoms with Gasteiger partial charge in [0, 0.05) is 12.8 Å². The molecule has 10 heteroatoms. The molecule has 28 heavy (non-hydrogen) atoms. The van der Waals surface area contributed by atoms with Gasteiger partial charge in [-0.2, -0.15) is 0 Å². The smallest absolute Gasteiger partial charge is 0.335 e. The molecular weight excluding hydrogens is 376 g/mol. The van der Waals surface area contributed by atoms with Gasteiger partial charge >= 0.3 is 11.9 Å². The van der Waals surface area contributed by atoms with Crippen molar-refractivity contribution < 1.29 is 49.0 Å². The van der Waals surface area contributed by atoms with Gasteiger partial charge in [-0.15, -0.1) is 0 Å². The summed E-state index contributed by atoms with van der Waals surface area (Å²) in [4.78, 5) is 22.4. The molecule has 0 unspecified atom stereocenters. The number of aliphatic hydroxyl groups is 3. The zero-order valence-electron chi connectivity index (χ0n) is 15.1. The number of rotatable bonds is 6. The van der Waals surface area contributed by atoms with Crippen LogP contribution in [0.25, 0.3) is 0 Å². The van der Waals surface area contributed by atoms with Gasteiger partial charge in [-0.25, -0.2) is 4.79 Å². The molecule has 1 aromatic rings. The number of cyclic esters (lactones) is 1. The summed E-state index contributed by atoms with van der Waals surface area (Å²) in [5.74, 6) is -1.30. The number of hydrogen-bond donors (Lipinski definition) is 4. The molecular formula is C18H22O10. The lowest BCUT2D eigenvalue weighted by molar-refractivity contribution is -0.271. The van der Waals surface area contributed by atoms with E-state index < -0.39 is 36.7 Å². The van der Waals surface area contributed by atoms with E-state index in [4.69, 9.17) is 24.1 Å². The molecule has 2 heterocycles. The monoisotopic (exact) mass is 398 g/mol. The first-order chi connectivity index (χ1) is 13.3. The van der Waals surface area contributed by atoms with Crippen molar-refractivity contribution in [1.82, 2.24) is 0 Å². The van der Waals surface area contributed by atoms with Crippen LogP contribution in [-0.4, -0.2) is 76.3 Å². The molecule has 2 aliphatic rings.